The van der Waals surface area contributed by atoms with Crippen LogP contribution in [0.15, 0.2) is 30.3 Å². The van der Waals surface area contributed by atoms with E-state index in [1.807, 2.05) is 0 Å². The number of benzene rings is 1. The lowest BCUT2D eigenvalue weighted by atomic mass is 9.79. The van der Waals surface area contributed by atoms with E-state index in [-0.39, 0.29) is 18.3 Å². The second-order valence-electron chi connectivity index (χ2n) is 6.03. The van der Waals surface area contributed by atoms with Gasteiger partial charge in [-0.25, -0.2) is 4.39 Å². The molecule has 0 radical (unpaired) electrons. The monoisotopic (exact) mass is 291 g/mol. The van der Waals surface area contributed by atoms with Crippen molar-refractivity contribution in [1.82, 2.24) is 5.32 Å². The van der Waals surface area contributed by atoms with Crippen LogP contribution in [-0.2, 0) is 4.79 Å². The van der Waals surface area contributed by atoms with Crippen molar-refractivity contribution in [1.29, 1.82) is 0 Å². The fourth-order valence-electron chi connectivity index (χ4n) is 2.89. The summed E-state index contributed by atoms with van der Waals surface area (Å²) in [5, 5.41) is 13.2. The van der Waals surface area contributed by atoms with Crippen LogP contribution in [0.4, 0.5) is 4.39 Å². The van der Waals surface area contributed by atoms with Gasteiger partial charge in [0.15, 0.2) is 0 Å². The van der Waals surface area contributed by atoms with E-state index < -0.39 is 5.60 Å². The molecule has 0 bridgehead atoms. The van der Waals surface area contributed by atoms with Gasteiger partial charge in [0.2, 0.25) is 5.91 Å². The third kappa shape index (κ3) is 4.97. The van der Waals surface area contributed by atoms with Gasteiger partial charge in [-0.2, -0.15) is 0 Å². The summed E-state index contributed by atoms with van der Waals surface area (Å²) in [6.07, 6.45) is 6.50. The molecular formula is C17H22FNO2. The summed E-state index contributed by atoms with van der Waals surface area (Å²) in [5.41, 5.74) is -0.157. The standard InChI is InChI=1S/C17H22FNO2/c1-13-4-3-9-17(21,11-13)12-19-16(20)8-7-14-5-2-6-15(18)10-14/h2,5-8,10,13,21H,3-4,9,11-12H2,1H3,(H,19,20). The highest BCUT2D eigenvalue weighted by Gasteiger charge is 2.32. The lowest BCUT2D eigenvalue weighted by molar-refractivity contribution is -0.118. The Morgan fingerprint density at radius 2 is 2.38 bits per heavy atom. The Labute approximate surface area is 124 Å². The molecule has 1 aromatic carbocycles. The Hall–Kier alpha value is -1.68. The van der Waals surface area contributed by atoms with Gasteiger partial charge in [0.05, 0.1) is 5.60 Å². The van der Waals surface area contributed by atoms with Gasteiger partial charge in [-0.15, -0.1) is 0 Å². The topological polar surface area (TPSA) is 49.3 Å². The Balaban J connectivity index is 1.84. The van der Waals surface area contributed by atoms with Crippen LogP contribution >= 0.6 is 0 Å². The van der Waals surface area contributed by atoms with E-state index in [1.165, 1.54) is 18.2 Å². The summed E-state index contributed by atoms with van der Waals surface area (Å²) in [5.74, 6) is -0.113. The molecule has 2 atom stereocenters. The fraction of sp³-hybridized carbons (Fsp3) is 0.471. The van der Waals surface area contributed by atoms with E-state index >= 15 is 0 Å². The normalized spacial score (nSPS) is 26.0. The Kier molecular flexibility index (Phi) is 5.12. The van der Waals surface area contributed by atoms with Crippen molar-refractivity contribution in [2.75, 3.05) is 6.54 Å². The molecule has 0 aromatic heterocycles. The molecule has 1 amide bonds. The number of hydrogen-bond acceptors (Lipinski definition) is 2. The molecule has 2 N–H and O–H groups in total. The summed E-state index contributed by atoms with van der Waals surface area (Å²) in [6.45, 7) is 2.39. The summed E-state index contributed by atoms with van der Waals surface area (Å²) < 4.78 is 13.0. The molecule has 1 aliphatic rings. The summed E-state index contributed by atoms with van der Waals surface area (Å²) in [7, 11) is 0. The zero-order valence-electron chi connectivity index (χ0n) is 12.3. The van der Waals surface area contributed by atoms with Gasteiger partial charge in [0.25, 0.3) is 0 Å². The maximum atomic E-state index is 13.0. The molecule has 114 valence electrons. The van der Waals surface area contributed by atoms with Crippen molar-refractivity contribution in [3.63, 3.8) is 0 Å². The summed E-state index contributed by atoms with van der Waals surface area (Å²) in [6, 6.07) is 6.04. The first-order valence-corrected chi connectivity index (χ1v) is 7.41. The molecule has 4 heteroatoms. The number of carbonyl (C=O) groups excluding carboxylic acids is 1. The molecule has 0 aliphatic heterocycles. The highest BCUT2D eigenvalue weighted by atomic mass is 19.1. The lowest BCUT2D eigenvalue weighted by Crippen LogP contribution is -2.45. The summed E-state index contributed by atoms with van der Waals surface area (Å²) >= 11 is 0. The van der Waals surface area contributed by atoms with E-state index in [0.717, 1.165) is 25.7 Å². The predicted molar refractivity (Wildman–Crippen MR) is 81.0 cm³/mol. The van der Waals surface area contributed by atoms with Crippen molar-refractivity contribution >= 4 is 12.0 Å². The SMILES string of the molecule is CC1CCCC(O)(CNC(=O)C=Cc2cccc(F)c2)C1. The fourth-order valence-corrected chi connectivity index (χ4v) is 2.89. The minimum Gasteiger partial charge on any atom is -0.388 e. The molecule has 3 nitrogen and oxygen atoms in total. The average Bonchev–Trinajstić information content (AvgIpc) is 2.43. The van der Waals surface area contributed by atoms with Crippen LogP contribution < -0.4 is 5.32 Å². The zero-order valence-corrected chi connectivity index (χ0v) is 12.3. The van der Waals surface area contributed by atoms with E-state index in [9.17, 15) is 14.3 Å². The number of rotatable bonds is 4. The number of halogens is 1. The van der Waals surface area contributed by atoms with Gasteiger partial charge >= 0.3 is 0 Å². The first-order chi connectivity index (χ1) is 9.97. The maximum absolute atomic E-state index is 13.0. The molecule has 1 saturated carbocycles. The van der Waals surface area contributed by atoms with Gasteiger partial charge in [-0.1, -0.05) is 31.9 Å². The predicted octanol–water partition coefficient (Wildman–Crippen LogP) is 2.90. The Morgan fingerprint density at radius 1 is 1.57 bits per heavy atom. The molecule has 2 unspecified atom stereocenters. The van der Waals surface area contributed by atoms with Crippen molar-refractivity contribution in [2.24, 2.45) is 5.92 Å². The Morgan fingerprint density at radius 3 is 3.10 bits per heavy atom. The molecular weight excluding hydrogens is 269 g/mol. The van der Waals surface area contributed by atoms with Crippen LogP contribution in [0.25, 0.3) is 6.08 Å². The quantitative estimate of drug-likeness (QED) is 0.838. The van der Waals surface area contributed by atoms with Crippen LogP contribution in [-0.4, -0.2) is 23.2 Å². The zero-order chi connectivity index (χ0) is 15.3. The highest BCUT2D eigenvalue weighted by molar-refractivity contribution is 5.91. The van der Waals surface area contributed by atoms with Gasteiger partial charge in [-0.05, 0) is 42.5 Å². The minimum atomic E-state index is -0.792. The third-order valence-electron chi connectivity index (χ3n) is 3.93. The third-order valence-corrected chi connectivity index (χ3v) is 3.93. The number of nitrogens with one attached hydrogen (secondary N) is 1. The summed E-state index contributed by atoms with van der Waals surface area (Å²) in [4.78, 5) is 11.8. The van der Waals surface area contributed by atoms with Crippen LogP contribution in [0.5, 0.6) is 0 Å². The second-order valence-corrected chi connectivity index (χ2v) is 6.03. The van der Waals surface area contributed by atoms with Crippen molar-refractivity contribution in [3.8, 4) is 0 Å². The van der Waals surface area contributed by atoms with E-state index in [1.54, 1.807) is 18.2 Å². The smallest absolute Gasteiger partial charge is 0.244 e. The van der Waals surface area contributed by atoms with Gasteiger partial charge in [0.1, 0.15) is 5.82 Å². The first-order valence-electron chi connectivity index (χ1n) is 7.41. The molecule has 2 rings (SSSR count). The Bertz CT molecular complexity index is 529. The number of amides is 1. The van der Waals surface area contributed by atoms with E-state index in [4.69, 9.17) is 0 Å². The van der Waals surface area contributed by atoms with E-state index in [2.05, 4.69) is 12.2 Å². The number of aliphatic hydroxyl groups is 1. The van der Waals surface area contributed by atoms with Gasteiger partial charge in [-0.3, -0.25) is 4.79 Å². The van der Waals surface area contributed by atoms with Crippen LogP contribution in [0, 0.1) is 11.7 Å². The molecule has 0 saturated heterocycles. The van der Waals surface area contributed by atoms with Crippen LogP contribution in [0.1, 0.15) is 38.2 Å². The molecule has 21 heavy (non-hydrogen) atoms. The maximum Gasteiger partial charge on any atom is 0.244 e. The first kappa shape index (κ1) is 15.7. The molecule has 0 spiro atoms. The number of carbonyl (C=O) groups is 1. The molecule has 1 fully saturated rings. The largest absolute Gasteiger partial charge is 0.388 e. The van der Waals surface area contributed by atoms with E-state index in [0.29, 0.717) is 11.5 Å². The molecule has 1 aliphatic carbocycles. The van der Waals surface area contributed by atoms with Crippen LogP contribution in [0.3, 0.4) is 0 Å². The molecule has 1 aromatic rings. The van der Waals surface area contributed by atoms with Crippen LogP contribution in [0.2, 0.25) is 0 Å². The van der Waals surface area contributed by atoms with Crippen molar-refractivity contribution in [2.45, 2.75) is 38.2 Å². The molecule has 0 heterocycles. The van der Waals surface area contributed by atoms with Crippen molar-refractivity contribution in [3.05, 3.63) is 41.7 Å². The van der Waals surface area contributed by atoms with Gasteiger partial charge in [0, 0.05) is 12.6 Å². The van der Waals surface area contributed by atoms with Gasteiger partial charge < -0.3 is 10.4 Å². The number of hydrogen-bond donors (Lipinski definition) is 2. The highest BCUT2D eigenvalue weighted by Crippen LogP contribution is 2.31. The minimum absolute atomic E-state index is 0.268. The lowest BCUT2D eigenvalue weighted by Gasteiger charge is -2.35. The van der Waals surface area contributed by atoms with Crippen molar-refractivity contribution < 1.29 is 14.3 Å². The average molecular weight is 291 g/mol. The second kappa shape index (κ2) is 6.85.